The van der Waals surface area contributed by atoms with Gasteiger partial charge in [0.15, 0.2) is 12.0 Å². The summed E-state index contributed by atoms with van der Waals surface area (Å²) in [7, 11) is 0. The van der Waals surface area contributed by atoms with Crippen LogP contribution in [0.1, 0.15) is 12.6 Å². The average Bonchev–Trinajstić information content (AvgIpc) is 2.96. The number of ether oxygens (including phenoxy) is 1. The zero-order valence-corrected chi connectivity index (χ0v) is 10.8. The fraction of sp³-hybridized carbons (Fsp3) is 0.500. The van der Waals surface area contributed by atoms with E-state index in [1.807, 2.05) is 0 Å². The van der Waals surface area contributed by atoms with Gasteiger partial charge in [0.1, 0.15) is 29.7 Å². The van der Waals surface area contributed by atoms with E-state index >= 15 is 0 Å². The molecule has 0 radical (unpaired) electrons. The molecule has 4 N–H and O–H groups in total. The van der Waals surface area contributed by atoms with Crippen LogP contribution in [-0.2, 0) is 10.3 Å². The van der Waals surface area contributed by atoms with Crippen molar-refractivity contribution in [1.82, 2.24) is 14.6 Å². The van der Waals surface area contributed by atoms with Gasteiger partial charge in [0.05, 0.1) is 12.3 Å². The van der Waals surface area contributed by atoms with Crippen molar-refractivity contribution in [2.24, 2.45) is 0 Å². The molecule has 1 unspecified atom stereocenters. The Labute approximate surface area is 113 Å². The largest absolute Gasteiger partial charge is 0.394 e. The number of aliphatic hydroxyl groups excluding tert-OH is 2. The van der Waals surface area contributed by atoms with Gasteiger partial charge in [-0.25, -0.2) is 13.9 Å². The summed E-state index contributed by atoms with van der Waals surface area (Å²) in [5.41, 5.74) is 5.25. The smallest absolute Gasteiger partial charge is 0.163 e. The summed E-state index contributed by atoms with van der Waals surface area (Å²) in [6, 6.07) is 3.28. The second kappa shape index (κ2) is 4.37. The third kappa shape index (κ3) is 1.62. The first-order valence-electron chi connectivity index (χ1n) is 6.18. The van der Waals surface area contributed by atoms with Gasteiger partial charge < -0.3 is 20.7 Å². The van der Waals surface area contributed by atoms with E-state index in [4.69, 9.17) is 15.6 Å². The number of halogens is 1. The molecule has 8 heteroatoms. The molecule has 0 aliphatic carbocycles. The van der Waals surface area contributed by atoms with E-state index in [0.717, 1.165) is 0 Å². The van der Waals surface area contributed by atoms with E-state index in [-0.39, 0.29) is 5.82 Å². The predicted molar refractivity (Wildman–Crippen MR) is 67.6 cm³/mol. The van der Waals surface area contributed by atoms with E-state index < -0.39 is 30.6 Å². The molecular formula is C12H15FN4O3. The van der Waals surface area contributed by atoms with Gasteiger partial charge in [-0.05, 0) is 19.1 Å². The van der Waals surface area contributed by atoms with Gasteiger partial charge in [0.25, 0.3) is 0 Å². The highest BCUT2D eigenvalue weighted by atomic mass is 19.1. The molecular weight excluding hydrogens is 267 g/mol. The highest BCUT2D eigenvalue weighted by Gasteiger charge is 2.54. The van der Waals surface area contributed by atoms with Crippen molar-refractivity contribution in [2.75, 3.05) is 12.3 Å². The normalized spacial score (nSPS) is 33.9. The van der Waals surface area contributed by atoms with Crippen molar-refractivity contribution in [3.63, 3.8) is 0 Å². The number of aliphatic hydroxyl groups is 2. The first kappa shape index (κ1) is 13.2. The van der Waals surface area contributed by atoms with Gasteiger partial charge in [-0.1, -0.05) is 0 Å². The lowest BCUT2D eigenvalue weighted by molar-refractivity contribution is -0.0780. The zero-order chi connectivity index (χ0) is 14.5. The summed E-state index contributed by atoms with van der Waals surface area (Å²) >= 11 is 0. The van der Waals surface area contributed by atoms with Crippen LogP contribution in [0.4, 0.5) is 10.2 Å². The van der Waals surface area contributed by atoms with Crippen LogP contribution in [-0.4, -0.2) is 49.8 Å². The van der Waals surface area contributed by atoms with Crippen molar-refractivity contribution < 1.29 is 19.3 Å². The van der Waals surface area contributed by atoms with Crippen molar-refractivity contribution in [3.8, 4) is 0 Å². The highest BCUT2D eigenvalue weighted by molar-refractivity contribution is 5.65. The monoisotopic (exact) mass is 282 g/mol. The molecule has 7 nitrogen and oxygen atoms in total. The highest BCUT2D eigenvalue weighted by Crippen LogP contribution is 2.41. The van der Waals surface area contributed by atoms with Crippen molar-refractivity contribution >= 4 is 11.3 Å². The molecule has 0 amide bonds. The minimum atomic E-state index is -1.69. The summed E-state index contributed by atoms with van der Waals surface area (Å²) in [5.74, 6) is 0.266. The fourth-order valence-corrected chi connectivity index (χ4v) is 2.64. The molecule has 4 atom stereocenters. The molecule has 20 heavy (non-hydrogen) atoms. The Morgan fingerprint density at radius 1 is 1.55 bits per heavy atom. The van der Waals surface area contributed by atoms with Gasteiger partial charge in [0, 0.05) is 0 Å². The molecule has 0 spiro atoms. The maximum absolute atomic E-state index is 14.4. The molecule has 1 aliphatic heterocycles. The topological polar surface area (TPSA) is 106 Å². The number of fused-ring (bicyclic) bond motifs is 1. The van der Waals surface area contributed by atoms with E-state index in [1.54, 1.807) is 12.1 Å². The summed E-state index contributed by atoms with van der Waals surface area (Å²) < 4.78 is 21.4. The standard InChI is InChI=1S/C12H15FN4O3/c1-12(10(13)9(19)7(4-18)20-12)8-3-2-6-11(14)15-5-16-17(6)8/h2-3,5,7,9-10,18-19H,4H2,1H3,(H2,14,15,16)/t7-,9-,10-,12?/m1/s1. The quantitative estimate of drug-likeness (QED) is 0.693. The van der Waals surface area contributed by atoms with Gasteiger partial charge in [-0.3, -0.25) is 0 Å². The average molecular weight is 282 g/mol. The molecule has 0 bridgehead atoms. The Kier molecular flexibility index (Phi) is 2.89. The lowest BCUT2D eigenvalue weighted by Crippen LogP contribution is -2.36. The first-order valence-corrected chi connectivity index (χ1v) is 6.18. The van der Waals surface area contributed by atoms with E-state index in [2.05, 4.69) is 10.1 Å². The van der Waals surface area contributed by atoms with Gasteiger partial charge in [-0.2, -0.15) is 5.10 Å². The molecule has 108 valence electrons. The van der Waals surface area contributed by atoms with Crippen molar-refractivity contribution in [3.05, 3.63) is 24.2 Å². The SMILES string of the molecule is CC1(c2ccc3c(N)ncnn23)O[C@H](CO)[C@@H](O)[C@H]1F. The zero-order valence-electron chi connectivity index (χ0n) is 10.8. The van der Waals surface area contributed by atoms with Crippen LogP contribution in [0.25, 0.3) is 5.52 Å². The van der Waals surface area contributed by atoms with Crippen LogP contribution in [0.2, 0.25) is 0 Å². The summed E-state index contributed by atoms with van der Waals surface area (Å²) in [5, 5.41) is 23.0. The summed E-state index contributed by atoms with van der Waals surface area (Å²) in [6.07, 6.45) is -2.79. The van der Waals surface area contributed by atoms with Crippen LogP contribution in [0.5, 0.6) is 0 Å². The lowest BCUT2D eigenvalue weighted by Gasteiger charge is -2.25. The summed E-state index contributed by atoms with van der Waals surface area (Å²) in [6.45, 7) is 1.05. The number of nitrogen functional groups attached to an aromatic ring is 1. The number of rotatable bonds is 2. The van der Waals surface area contributed by atoms with Crippen molar-refractivity contribution in [1.29, 1.82) is 0 Å². The first-order chi connectivity index (χ1) is 9.49. The molecule has 1 fully saturated rings. The van der Waals surface area contributed by atoms with Crippen LogP contribution >= 0.6 is 0 Å². The second-order valence-corrected chi connectivity index (χ2v) is 5.00. The maximum atomic E-state index is 14.4. The van der Waals surface area contributed by atoms with Gasteiger partial charge in [0.2, 0.25) is 0 Å². The number of aromatic nitrogens is 3. The molecule has 3 heterocycles. The van der Waals surface area contributed by atoms with E-state index in [0.29, 0.717) is 11.2 Å². The Morgan fingerprint density at radius 3 is 2.95 bits per heavy atom. The van der Waals surface area contributed by atoms with E-state index in [9.17, 15) is 9.50 Å². The number of hydrogen-bond donors (Lipinski definition) is 3. The van der Waals surface area contributed by atoms with Crippen LogP contribution in [0.15, 0.2) is 18.5 Å². The number of anilines is 1. The third-order valence-corrected chi connectivity index (χ3v) is 3.77. The number of nitrogens with two attached hydrogens (primary N) is 1. The number of alkyl halides is 1. The Hall–Kier alpha value is -1.77. The fourth-order valence-electron chi connectivity index (χ4n) is 2.64. The Balaban J connectivity index is 2.13. The van der Waals surface area contributed by atoms with Gasteiger partial charge in [-0.15, -0.1) is 0 Å². The Bertz CT molecular complexity index is 649. The second-order valence-electron chi connectivity index (χ2n) is 5.00. The minimum absolute atomic E-state index is 0.266. The molecule has 3 rings (SSSR count). The molecule has 2 aromatic rings. The third-order valence-electron chi connectivity index (χ3n) is 3.77. The van der Waals surface area contributed by atoms with Crippen LogP contribution < -0.4 is 5.73 Å². The maximum Gasteiger partial charge on any atom is 0.163 e. The molecule has 1 aliphatic rings. The minimum Gasteiger partial charge on any atom is -0.394 e. The summed E-state index contributed by atoms with van der Waals surface area (Å²) in [4.78, 5) is 3.86. The van der Waals surface area contributed by atoms with Crippen molar-refractivity contribution in [2.45, 2.75) is 30.9 Å². The molecule has 0 aromatic carbocycles. The lowest BCUT2D eigenvalue weighted by atomic mass is 9.94. The van der Waals surface area contributed by atoms with Crippen LogP contribution in [0.3, 0.4) is 0 Å². The predicted octanol–water partition coefficient (Wildman–Crippen LogP) is -0.383. The number of nitrogens with zero attached hydrogens (tertiary/aromatic N) is 3. The van der Waals surface area contributed by atoms with E-state index in [1.165, 1.54) is 17.8 Å². The van der Waals surface area contributed by atoms with Crippen LogP contribution in [0, 0.1) is 0 Å². The van der Waals surface area contributed by atoms with Gasteiger partial charge >= 0.3 is 0 Å². The Morgan fingerprint density at radius 2 is 2.30 bits per heavy atom. The molecule has 2 aromatic heterocycles. The molecule has 0 saturated carbocycles. The number of hydrogen-bond acceptors (Lipinski definition) is 6. The molecule has 1 saturated heterocycles.